The number of aliphatic carboxylic acids is 1. The molecule has 0 amide bonds. The second-order valence-electron chi connectivity index (χ2n) is 3.35. The van der Waals surface area contributed by atoms with Gasteiger partial charge in [-0.15, -0.1) is 0 Å². The van der Waals surface area contributed by atoms with Crippen LogP contribution in [0.5, 0.6) is 0 Å². The molecule has 0 saturated heterocycles. The number of pyridine rings is 1. The van der Waals surface area contributed by atoms with Gasteiger partial charge in [0.15, 0.2) is 0 Å². The van der Waals surface area contributed by atoms with Crippen LogP contribution in [-0.4, -0.2) is 16.1 Å². The summed E-state index contributed by atoms with van der Waals surface area (Å²) in [6.45, 7) is 1.52. The molecule has 0 spiro atoms. The van der Waals surface area contributed by atoms with Crippen LogP contribution in [0.2, 0.25) is 0 Å². The van der Waals surface area contributed by atoms with Crippen LogP contribution in [0, 0.1) is 6.92 Å². The van der Waals surface area contributed by atoms with Gasteiger partial charge in [-0.2, -0.15) is 0 Å². The van der Waals surface area contributed by atoms with Crippen LogP contribution < -0.4 is 5.73 Å². The first-order chi connectivity index (χ1) is 7.45. The maximum atomic E-state index is 12.4. The summed E-state index contributed by atoms with van der Waals surface area (Å²) in [7, 11) is 0. The smallest absolute Gasteiger partial charge is 0.307 e. The average molecular weight is 230 g/mol. The van der Waals surface area contributed by atoms with Gasteiger partial charge in [0.2, 0.25) is 0 Å². The summed E-state index contributed by atoms with van der Waals surface area (Å²) in [5, 5.41) is 8.67. The third kappa shape index (κ3) is 2.73. The monoisotopic (exact) mass is 230 g/mol. The number of halogens is 2. The molecule has 6 heteroatoms. The predicted octanol–water partition coefficient (Wildman–Crippen LogP) is 1.41. The molecule has 0 radical (unpaired) electrons. The Kier molecular flexibility index (Phi) is 3.89. The van der Waals surface area contributed by atoms with Crippen molar-refractivity contribution in [1.29, 1.82) is 0 Å². The molecule has 0 aromatic carbocycles. The van der Waals surface area contributed by atoms with Crippen molar-refractivity contribution in [1.82, 2.24) is 4.98 Å². The molecular weight excluding hydrogens is 218 g/mol. The highest BCUT2D eigenvalue weighted by Crippen LogP contribution is 2.22. The molecule has 3 N–H and O–H groups in total. The Labute approximate surface area is 91.1 Å². The standard InChI is InChI=1S/C10H12F2N2O2/c1-5-7(3-9(15)16)6(4-13)2-8(14-5)10(11)12/h2,10H,3-4,13H2,1H3,(H,15,16). The first-order valence-electron chi connectivity index (χ1n) is 4.65. The molecule has 0 saturated carbocycles. The number of nitrogens with two attached hydrogens (primary N) is 1. The normalized spacial score (nSPS) is 10.8. The average Bonchev–Trinajstić information content (AvgIpc) is 2.19. The molecule has 0 unspecified atom stereocenters. The van der Waals surface area contributed by atoms with Crippen molar-refractivity contribution in [3.63, 3.8) is 0 Å². The molecule has 0 fully saturated rings. The summed E-state index contributed by atoms with van der Waals surface area (Å²) in [5.74, 6) is -1.04. The number of alkyl halides is 2. The maximum Gasteiger partial charge on any atom is 0.307 e. The number of aryl methyl sites for hydroxylation is 1. The van der Waals surface area contributed by atoms with E-state index in [1.165, 1.54) is 6.92 Å². The Hall–Kier alpha value is -1.56. The summed E-state index contributed by atoms with van der Waals surface area (Å²) in [4.78, 5) is 14.3. The van der Waals surface area contributed by atoms with Crippen molar-refractivity contribution < 1.29 is 18.7 Å². The highest BCUT2D eigenvalue weighted by atomic mass is 19.3. The lowest BCUT2D eigenvalue weighted by molar-refractivity contribution is -0.136. The SMILES string of the molecule is Cc1nc(C(F)F)cc(CN)c1CC(=O)O. The molecule has 16 heavy (non-hydrogen) atoms. The van der Waals surface area contributed by atoms with E-state index in [-0.39, 0.29) is 18.7 Å². The van der Waals surface area contributed by atoms with Crippen LogP contribution in [0.4, 0.5) is 8.78 Å². The Morgan fingerprint density at radius 2 is 2.25 bits per heavy atom. The van der Waals surface area contributed by atoms with Crippen molar-refractivity contribution >= 4 is 5.97 Å². The highest BCUT2D eigenvalue weighted by Gasteiger charge is 2.16. The number of carbonyl (C=O) groups is 1. The lowest BCUT2D eigenvalue weighted by atomic mass is 10.0. The summed E-state index contributed by atoms with van der Waals surface area (Å²) < 4.78 is 24.9. The number of hydrogen-bond acceptors (Lipinski definition) is 3. The first-order valence-corrected chi connectivity index (χ1v) is 4.65. The molecule has 0 aliphatic carbocycles. The van der Waals surface area contributed by atoms with Gasteiger partial charge in [-0.05, 0) is 24.1 Å². The van der Waals surface area contributed by atoms with Gasteiger partial charge in [-0.25, -0.2) is 8.78 Å². The summed E-state index contributed by atoms with van der Waals surface area (Å²) in [6, 6.07) is 1.16. The number of nitrogens with zero attached hydrogens (tertiary/aromatic N) is 1. The fourth-order valence-electron chi connectivity index (χ4n) is 1.48. The molecule has 1 aromatic heterocycles. The minimum absolute atomic E-state index is 0.0195. The van der Waals surface area contributed by atoms with Crippen LogP contribution in [0.15, 0.2) is 6.07 Å². The zero-order chi connectivity index (χ0) is 12.3. The molecule has 4 nitrogen and oxygen atoms in total. The Morgan fingerprint density at radius 3 is 2.69 bits per heavy atom. The van der Waals surface area contributed by atoms with Gasteiger partial charge in [0.05, 0.1) is 6.42 Å². The minimum Gasteiger partial charge on any atom is -0.481 e. The van der Waals surface area contributed by atoms with Crippen molar-refractivity contribution in [3.05, 3.63) is 28.6 Å². The van der Waals surface area contributed by atoms with E-state index < -0.39 is 12.4 Å². The van der Waals surface area contributed by atoms with E-state index in [2.05, 4.69) is 4.98 Å². The molecule has 1 rings (SSSR count). The van der Waals surface area contributed by atoms with E-state index in [9.17, 15) is 13.6 Å². The lowest BCUT2D eigenvalue weighted by Gasteiger charge is -2.11. The molecule has 0 aliphatic rings. The molecule has 0 aliphatic heterocycles. The number of aromatic nitrogens is 1. The number of rotatable bonds is 4. The Morgan fingerprint density at radius 1 is 1.62 bits per heavy atom. The van der Waals surface area contributed by atoms with E-state index in [0.717, 1.165) is 6.07 Å². The predicted molar refractivity (Wildman–Crippen MR) is 53.2 cm³/mol. The molecule has 0 bridgehead atoms. The van der Waals surface area contributed by atoms with Crippen LogP contribution >= 0.6 is 0 Å². The fraction of sp³-hybridized carbons (Fsp3) is 0.400. The van der Waals surface area contributed by atoms with Gasteiger partial charge >= 0.3 is 5.97 Å². The van der Waals surface area contributed by atoms with Crippen LogP contribution in [0.1, 0.15) is 28.9 Å². The van der Waals surface area contributed by atoms with Crippen LogP contribution in [-0.2, 0) is 17.8 Å². The quantitative estimate of drug-likeness (QED) is 0.820. The highest BCUT2D eigenvalue weighted by molar-refractivity contribution is 5.71. The van der Waals surface area contributed by atoms with Crippen molar-refractivity contribution in [2.45, 2.75) is 26.3 Å². The van der Waals surface area contributed by atoms with Crippen LogP contribution in [0.3, 0.4) is 0 Å². The zero-order valence-electron chi connectivity index (χ0n) is 8.70. The van der Waals surface area contributed by atoms with E-state index in [1.54, 1.807) is 0 Å². The largest absolute Gasteiger partial charge is 0.481 e. The summed E-state index contributed by atoms with van der Waals surface area (Å²) in [6.07, 6.45) is -2.93. The Balaban J connectivity index is 3.22. The lowest BCUT2D eigenvalue weighted by Crippen LogP contribution is -2.11. The summed E-state index contributed by atoms with van der Waals surface area (Å²) >= 11 is 0. The van der Waals surface area contributed by atoms with Gasteiger partial charge in [-0.3, -0.25) is 9.78 Å². The molecule has 0 atom stereocenters. The van der Waals surface area contributed by atoms with Gasteiger partial charge < -0.3 is 10.8 Å². The van der Waals surface area contributed by atoms with E-state index >= 15 is 0 Å². The van der Waals surface area contributed by atoms with Gasteiger partial charge in [0, 0.05) is 12.2 Å². The van der Waals surface area contributed by atoms with Gasteiger partial charge in [0.1, 0.15) is 5.69 Å². The summed E-state index contributed by atoms with van der Waals surface area (Å²) in [5.41, 5.74) is 6.15. The fourth-order valence-corrected chi connectivity index (χ4v) is 1.48. The number of carboxylic acids is 1. The van der Waals surface area contributed by atoms with Gasteiger partial charge in [-0.1, -0.05) is 0 Å². The molecule has 88 valence electrons. The third-order valence-corrected chi connectivity index (χ3v) is 2.21. The van der Waals surface area contributed by atoms with Crippen molar-refractivity contribution in [2.75, 3.05) is 0 Å². The van der Waals surface area contributed by atoms with E-state index in [1.807, 2.05) is 0 Å². The topological polar surface area (TPSA) is 76.2 Å². The van der Waals surface area contributed by atoms with Crippen molar-refractivity contribution in [2.24, 2.45) is 5.73 Å². The molecular formula is C10H12F2N2O2. The molecule has 1 aromatic rings. The Bertz CT molecular complexity index is 408. The van der Waals surface area contributed by atoms with Gasteiger partial charge in [0.25, 0.3) is 6.43 Å². The maximum absolute atomic E-state index is 12.4. The van der Waals surface area contributed by atoms with E-state index in [0.29, 0.717) is 16.8 Å². The van der Waals surface area contributed by atoms with Crippen LogP contribution in [0.25, 0.3) is 0 Å². The third-order valence-electron chi connectivity index (χ3n) is 2.21. The number of carboxylic acid groups (broad SMARTS) is 1. The minimum atomic E-state index is -2.68. The second-order valence-corrected chi connectivity index (χ2v) is 3.35. The van der Waals surface area contributed by atoms with E-state index in [4.69, 9.17) is 10.8 Å². The molecule has 1 heterocycles. The number of hydrogen-bond donors (Lipinski definition) is 2. The second kappa shape index (κ2) is 4.98. The zero-order valence-corrected chi connectivity index (χ0v) is 8.70. The van der Waals surface area contributed by atoms with Crippen molar-refractivity contribution in [3.8, 4) is 0 Å². The first kappa shape index (κ1) is 12.5.